The van der Waals surface area contributed by atoms with Gasteiger partial charge in [0.2, 0.25) is 0 Å². The third kappa shape index (κ3) is 5.61. The van der Waals surface area contributed by atoms with E-state index in [4.69, 9.17) is 21.4 Å². The molecule has 0 saturated carbocycles. The highest BCUT2D eigenvalue weighted by Crippen LogP contribution is 2.41. The van der Waals surface area contributed by atoms with Crippen molar-refractivity contribution in [1.82, 2.24) is 0 Å². The molecule has 0 bridgehead atoms. The Labute approximate surface area is 76.4 Å². The molecule has 0 unspecified atom stereocenters. The van der Waals surface area contributed by atoms with Gasteiger partial charge in [0.15, 0.2) is 0 Å². The van der Waals surface area contributed by atoms with Crippen LogP contribution in [0.3, 0.4) is 0 Å². The summed E-state index contributed by atoms with van der Waals surface area (Å²) in [7, 11) is -4.45. The van der Waals surface area contributed by atoms with Crippen LogP contribution in [0.4, 0.5) is 0 Å². The van der Waals surface area contributed by atoms with Crippen molar-refractivity contribution in [1.29, 1.82) is 0 Å². The Kier molecular flexibility index (Phi) is 4.87. The molecule has 0 atom stereocenters. The first-order valence-electron chi connectivity index (χ1n) is 3.47. The van der Waals surface area contributed by atoms with E-state index in [9.17, 15) is 4.57 Å². The van der Waals surface area contributed by atoms with Gasteiger partial charge in [-0.3, -0.25) is 9.79 Å². The maximum atomic E-state index is 10.4. The van der Waals surface area contributed by atoms with Gasteiger partial charge in [0, 0.05) is 6.42 Å². The molecule has 6 heteroatoms. The third-order valence-corrected chi connectivity index (χ3v) is 1.76. The Morgan fingerprint density at radius 3 is 2.33 bits per heavy atom. The van der Waals surface area contributed by atoms with Crippen molar-refractivity contribution in [2.75, 3.05) is 0 Å². The molecule has 0 aliphatic rings. The van der Waals surface area contributed by atoms with Gasteiger partial charge >= 0.3 is 7.82 Å². The first-order chi connectivity index (χ1) is 5.37. The topological polar surface area (TPSA) is 66.8 Å². The standard InChI is InChI=1S/C6H12ClO4P/c1-3-4-6(5(2)7)11-12(8,9)10/h3-4H2,1-2H3,(H2,8,9,10). The summed E-state index contributed by atoms with van der Waals surface area (Å²) in [6, 6.07) is 0. The predicted octanol–water partition coefficient (Wildman–Crippen LogP) is 2.37. The van der Waals surface area contributed by atoms with E-state index < -0.39 is 7.82 Å². The minimum absolute atomic E-state index is 0.160. The lowest BCUT2D eigenvalue weighted by molar-refractivity contribution is 0.235. The van der Waals surface area contributed by atoms with Crippen molar-refractivity contribution in [3.05, 3.63) is 10.8 Å². The lowest BCUT2D eigenvalue weighted by Gasteiger charge is -2.10. The van der Waals surface area contributed by atoms with Gasteiger partial charge in [-0.15, -0.1) is 0 Å². The van der Waals surface area contributed by atoms with Gasteiger partial charge in [0.1, 0.15) is 5.76 Å². The minimum Gasteiger partial charge on any atom is -0.408 e. The highest BCUT2D eigenvalue weighted by atomic mass is 35.5. The average molecular weight is 215 g/mol. The number of rotatable bonds is 4. The molecule has 0 spiro atoms. The second kappa shape index (κ2) is 4.87. The predicted molar refractivity (Wildman–Crippen MR) is 46.6 cm³/mol. The molecule has 2 N–H and O–H groups in total. The van der Waals surface area contributed by atoms with E-state index in [1.165, 1.54) is 6.92 Å². The summed E-state index contributed by atoms with van der Waals surface area (Å²) in [6.45, 7) is 3.39. The fourth-order valence-electron chi connectivity index (χ4n) is 0.651. The molecular weight excluding hydrogens is 202 g/mol. The zero-order valence-electron chi connectivity index (χ0n) is 6.95. The van der Waals surface area contributed by atoms with Gasteiger partial charge < -0.3 is 4.52 Å². The molecule has 0 fully saturated rings. The monoisotopic (exact) mass is 214 g/mol. The molecule has 0 aliphatic carbocycles. The van der Waals surface area contributed by atoms with E-state index in [0.717, 1.165) is 6.42 Å². The normalized spacial score (nSPS) is 14.1. The van der Waals surface area contributed by atoms with E-state index in [0.29, 0.717) is 6.42 Å². The molecule has 12 heavy (non-hydrogen) atoms. The van der Waals surface area contributed by atoms with Crippen LogP contribution in [-0.4, -0.2) is 9.79 Å². The van der Waals surface area contributed by atoms with E-state index in [1.807, 2.05) is 6.92 Å². The zero-order chi connectivity index (χ0) is 9.78. The van der Waals surface area contributed by atoms with Crippen LogP contribution in [0.25, 0.3) is 0 Å². The van der Waals surface area contributed by atoms with Crippen molar-refractivity contribution in [3.63, 3.8) is 0 Å². The summed E-state index contributed by atoms with van der Waals surface area (Å²) >= 11 is 5.54. The molecule has 0 amide bonds. The van der Waals surface area contributed by atoms with E-state index >= 15 is 0 Å². The number of halogens is 1. The lowest BCUT2D eigenvalue weighted by atomic mass is 10.3. The summed E-state index contributed by atoms with van der Waals surface area (Å²) in [4.78, 5) is 16.9. The average Bonchev–Trinajstić information content (AvgIpc) is 1.83. The second-order valence-corrected chi connectivity index (χ2v) is 4.02. The summed E-state index contributed by atoms with van der Waals surface area (Å²) < 4.78 is 14.8. The molecule has 0 aromatic heterocycles. The van der Waals surface area contributed by atoms with Crippen molar-refractivity contribution in [2.45, 2.75) is 26.7 Å². The van der Waals surface area contributed by atoms with E-state index in [1.54, 1.807) is 0 Å². The fraction of sp³-hybridized carbons (Fsp3) is 0.667. The highest BCUT2D eigenvalue weighted by Gasteiger charge is 2.18. The van der Waals surface area contributed by atoms with Crippen molar-refractivity contribution in [2.24, 2.45) is 0 Å². The number of hydrogen-bond acceptors (Lipinski definition) is 2. The number of phosphoric acid groups is 1. The first-order valence-corrected chi connectivity index (χ1v) is 5.38. The molecule has 0 saturated heterocycles. The van der Waals surface area contributed by atoms with Crippen LogP contribution in [0, 0.1) is 0 Å². The maximum Gasteiger partial charge on any atom is 0.524 e. The van der Waals surface area contributed by atoms with Crippen LogP contribution in [-0.2, 0) is 9.09 Å². The largest absolute Gasteiger partial charge is 0.524 e. The smallest absolute Gasteiger partial charge is 0.408 e. The summed E-state index contributed by atoms with van der Waals surface area (Å²) in [5.41, 5.74) is 0. The van der Waals surface area contributed by atoms with E-state index in [2.05, 4.69) is 4.52 Å². The number of phosphoric ester groups is 1. The molecule has 0 aliphatic heterocycles. The Morgan fingerprint density at radius 1 is 1.58 bits per heavy atom. The third-order valence-electron chi connectivity index (χ3n) is 1.09. The van der Waals surface area contributed by atoms with Gasteiger partial charge in [0.25, 0.3) is 0 Å². The van der Waals surface area contributed by atoms with Crippen LogP contribution in [0.5, 0.6) is 0 Å². The molecule has 0 heterocycles. The molecule has 4 nitrogen and oxygen atoms in total. The zero-order valence-corrected chi connectivity index (χ0v) is 8.60. The SMILES string of the molecule is CCCC(OP(=O)(O)O)=C(C)Cl. The van der Waals surface area contributed by atoms with Crippen molar-refractivity contribution < 1.29 is 18.9 Å². The summed E-state index contributed by atoms with van der Waals surface area (Å²) in [5.74, 6) is 0.160. The molecule has 0 aromatic rings. The van der Waals surface area contributed by atoms with Gasteiger partial charge in [-0.1, -0.05) is 18.5 Å². The van der Waals surface area contributed by atoms with Crippen LogP contribution in [0.2, 0.25) is 0 Å². The minimum atomic E-state index is -4.45. The summed E-state index contributed by atoms with van der Waals surface area (Å²) in [6.07, 6.45) is 1.15. The molecular formula is C6H12ClO4P. The van der Waals surface area contributed by atoms with Gasteiger partial charge in [-0.2, -0.15) is 0 Å². The van der Waals surface area contributed by atoms with Crippen LogP contribution >= 0.6 is 19.4 Å². The highest BCUT2D eigenvalue weighted by molar-refractivity contribution is 7.46. The Hall–Kier alpha value is -0.0200. The molecule has 72 valence electrons. The quantitative estimate of drug-likeness (QED) is 0.557. The molecule has 0 aromatic carbocycles. The Balaban J connectivity index is 4.37. The van der Waals surface area contributed by atoms with Crippen molar-refractivity contribution >= 4 is 19.4 Å². The van der Waals surface area contributed by atoms with Crippen LogP contribution in [0.1, 0.15) is 26.7 Å². The van der Waals surface area contributed by atoms with Gasteiger partial charge in [-0.25, -0.2) is 4.57 Å². The maximum absolute atomic E-state index is 10.4. The second-order valence-electron chi connectivity index (χ2n) is 2.29. The fourth-order valence-corrected chi connectivity index (χ4v) is 1.35. The Bertz CT molecular complexity index is 216. The van der Waals surface area contributed by atoms with Crippen LogP contribution in [0.15, 0.2) is 10.8 Å². The Morgan fingerprint density at radius 2 is 2.08 bits per heavy atom. The number of allylic oxidation sites excluding steroid dienone is 2. The summed E-state index contributed by atoms with van der Waals surface area (Å²) in [5, 5.41) is 0.278. The lowest BCUT2D eigenvalue weighted by Crippen LogP contribution is -1.91. The first kappa shape index (κ1) is 12.0. The van der Waals surface area contributed by atoms with Crippen molar-refractivity contribution in [3.8, 4) is 0 Å². The van der Waals surface area contributed by atoms with Gasteiger partial charge in [-0.05, 0) is 13.3 Å². The van der Waals surface area contributed by atoms with Crippen LogP contribution < -0.4 is 0 Å². The number of hydrogen-bond donors (Lipinski definition) is 2. The van der Waals surface area contributed by atoms with E-state index in [-0.39, 0.29) is 10.8 Å². The molecule has 0 radical (unpaired) electrons. The van der Waals surface area contributed by atoms with Gasteiger partial charge in [0.05, 0.1) is 5.03 Å². The molecule has 0 rings (SSSR count).